The average molecular weight is 273 g/mol. The van der Waals surface area contributed by atoms with E-state index in [1.54, 1.807) is 27.1 Å². The van der Waals surface area contributed by atoms with Gasteiger partial charge < -0.3 is 10.5 Å². The monoisotopic (exact) mass is 273 g/mol. The van der Waals surface area contributed by atoms with Crippen molar-refractivity contribution in [2.45, 2.75) is 19.9 Å². The van der Waals surface area contributed by atoms with Crippen LogP contribution in [0.5, 0.6) is 5.75 Å². The van der Waals surface area contributed by atoms with Crippen LogP contribution in [0.1, 0.15) is 24.1 Å². The Morgan fingerprint density at radius 1 is 1.35 bits per heavy atom. The summed E-state index contributed by atoms with van der Waals surface area (Å²) in [6.45, 7) is 3.76. The normalized spacial score (nSPS) is 12.2. The van der Waals surface area contributed by atoms with Gasteiger partial charge in [0.25, 0.3) is 5.56 Å². The first kappa shape index (κ1) is 14.3. The molecule has 5 heteroatoms. The predicted octanol–water partition coefficient (Wildman–Crippen LogP) is 1.78. The summed E-state index contributed by atoms with van der Waals surface area (Å²) >= 11 is 0. The molecule has 0 aliphatic rings. The average Bonchev–Trinajstić information content (AvgIpc) is 2.41. The molecule has 5 nitrogen and oxygen atoms in total. The van der Waals surface area contributed by atoms with Crippen LogP contribution in [0.2, 0.25) is 0 Å². The van der Waals surface area contributed by atoms with Gasteiger partial charge >= 0.3 is 0 Å². The van der Waals surface area contributed by atoms with E-state index in [0.717, 1.165) is 22.6 Å². The zero-order chi connectivity index (χ0) is 14.9. The lowest BCUT2D eigenvalue weighted by atomic mass is 10.0. The van der Waals surface area contributed by atoms with Gasteiger partial charge in [0.15, 0.2) is 0 Å². The summed E-state index contributed by atoms with van der Waals surface area (Å²) in [6, 6.07) is 7.23. The van der Waals surface area contributed by atoms with Crippen LogP contribution in [-0.4, -0.2) is 16.9 Å². The van der Waals surface area contributed by atoms with Crippen molar-refractivity contribution in [3.63, 3.8) is 0 Å². The van der Waals surface area contributed by atoms with Gasteiger partial charge in [-0.05, 0) is 43.7 Å². The number of aromatic nitrogens is 2. The third-order valence-corrected chi connectivity index (χ3v) is 3.27. The molecular formula is C15H19N3O2. The largest absolute Gasteiger partial charge is 0.496 e. The molecule has 0 fully saturated rings. The van der Waals surface area contributed by atoms with Gasteiger partial charge in [-0.1, -0.05) is 0 Å². The Morgan fingerprint density at radius 2 is 2.05 bits per heavy atom. The molecule has 0 amide bonds. The highest BCUT2D eigenvalue weighted by atomic mass is 16.5. The summed E-state index contributed by atoms with van der Waals surface area (Å²) in [5.41, 5.74) is 8.92. The van der Waals surface area contributed by atoms with Crippen LogP contribution in [0.25, 0.3) is 11.3 Å². The Morgan fingerprint density at radius 3 is 2.60 bits per heavy atom. The van der Waals surface area contributed by atoms with E-state index in [4.69, 9.17) is 10.5 Å². The first-order valence-electron chi connectivity index (χ1n) is 6.43. The summed E-state index contributed by atoms with van der Waals surface area (Å²) in [5.74, 6) is 0.825. The molecule has 2 rings (SSSR count). The van der Waals surface area contributed by atoms with Crippen molar-refractivity contribution in [3.8, 4) is 17.0 Å². The van der Waals surface area contributed by atoms with E-state index in [2.05, 4.69) is 5.10 Å². The summed E-state index contributed by atoms with van der Waals surface area (Å²) in [4.78, 5) is 12.0. The fraction of sp³-hybridized carbons (Fsp3) is 0.333. The van der Waals surface area contributed by atoms with Crippen molar-refractivity contribution in [3.05, 3.63) is 45.7 Å². The minimum Gasteiger partial charge on any atom is -0.496 e. The summed E-state index contributed by atoms with van der Waals surface area (Å²) in [6.07, 6.45) is 0. The number of methoxy groups -OCH3 is 1. The van der Waals surface area contributed by atoms with Crippen LogP contribution in [0.4, 0.5) is 0 Å². The maximum absolute atomic E-state index is 12.0. The number of hydrogen-bond acceptors (Lipinski definition) is 4. The molecular weight excluding hydrogens is 254 g/mol. The third-order valence-electron chi connectivity index (χ3n) is 3.27. The molecule has 0 radical (unpaired) electrons. The lowest BCUT2D eigenvalue weighted by molar-refractivity contribution is 0.412. The van der Waals surface area contributed by atoms with Crippen molar-refractivity contribution in [2.75, 3.05) is 7.11 Å². The number of rotatable bonds is 3. The molecule has 0 aliphatic carbocycles. The van der Waals surface area contributed by atoms with E-state index in [-0.39, 0.29) is 11.6 Å². The Labute approximate surface area is 118 Å². The summed E-state index contributed by atoms with van der Waals surface area (Å²) in [5, 5.41) is 4.29. The minimum atomic E-state index is -0.324. The molecule has 0 saturated carbocycles. The Balaban J connectivity index is 2.58. The van der Waals surface area contributed by atoms with E-state index >= 15 is 0 Å². The van der Waals surface area contributed by atoms with Crippen molar-refractivity contribution in [2.24, 2.45) is 12.8 Å². The van der Waals surface area contributed by atoms with Crippen molar-refractivity contribution >= 4 is 0 Å². The smallest absolute Gasteiger partial charge is 0.271 e. The molecule has 20 heavy (non-hydrogen) atoms. The molecule has 2 N–H and O–H groups in total. The maximum Gasteiger partial charge on any atom is 0.271 e. The van der Waals surface area contributed by atoms with Crippen LogP contribution in [-0.2, 0) is 7.05 Å². The van der Waals surface area contributed by atoms with E-state index in [1.807, 2.05) is 25.1 Å². The second kappa shape index (κ2) is 5.46. The fourth-order valence-electron chi connectivity index (χ4n) is 2.14. The van der Waals surface area contributed by atoms with Gasteiger partial charge in [0.05, 0.1) is 12.8 Å². The molecule has 1 atom stereocenters. The molecule has 1 aromatic carbocycles. The van der Waals surface area contributed by atoms with E-state index in [9.17, 15) is 4.79 Å². The van der Waals surface area contributed by atoms with Crippen molar-refractivity contribution in [1.29, 1.82) is 0 Å². The Kier molecular flexibility index (Phi) is 3.90. The quantitative estimate of drug-likeness (QED) is 0.925. The first-order valence-corrected chi connectivity index (χ1v) is 6.43. The predicted molar refractivity (Wildman–Crippen MR) is 78.8 cm³/mol. The van der Waals surface area contributed by atoms with Gasteiger partial charge in [-0.3, -0.25) is 4.79 Å². The van der Waals surface area contributed by atoms with Crippen LogP contribution in [0.15, 0.2) is 29.1 Å². The lowest BCUT2D eigenvalue weighted by Gasteiger charge is -2.11. The van der Waals surface area contributed by atoms with E-state index in [1.165, 1.54) is 4.68 Å². The molecule has 0 saturated heterocycles. The van der Waals surface area contributed by atoms with Crippen LogP contribution in [0, 0.1) is 6.92 Å². The van der Waals surface area contributed by atoms with E-state index < -0.39 is 0 Å². The second-order valence-corrected chi connectivity index (χ2v) is 4.89. The zero-order valence-electron chi connectivity index (χ0n) is 12.2. The van der Waals surface area contributed by atoms with Gasteiger partial charge in [-0.2, -0.15) is 5.10 Å². The standard InChI is InChI=1S/C15H19N3O2/c1-9-7-11(5-6-14(9)20-4)13-8-12(10(2)16)15(19)18(3)17-13/h5-8,10H,16H2,1-4H3. The molecule has 2 aromatic rings. The molecule has 0 aliphatic heterocycles. The summed E-state index contributed by atoms with van der Waals surface area (Å²) in [7, 11) is 3.27. The molecule has 1 unspecified atom stereocenters. The number of aryl methyl sites for hydroxylation is 2. The van der Waals surface area contributed by atoms with Crippen LogP contribution in [0.3, 0.4) is 0 Å². The number of nitrogens with two attached hydrogens (primary N) is 1. The van der Waals surface area contributed by atoms with Gasteiger partial charge in [0.1, 0.15) is 5.75 Å². The second-order valence-electron chi connectivity index (χ2n) is 4.89. The van der Waals surface area contributed by atoms with Gasteiger partial charge in [-0.25, -0.2) is 4.68 Å². The topological polar surface area (TPSA) is 70.1 Å². The number of benzene rings is 1. The number of ether oxygens (including phenoxy) is 1. The van der Waals surface area contributed by atoms with Gasteiger partial charge in [0.2, 0.25) is 0 Å². The first-order chi connectivity index (χ1) is 9.43. The Bertz CT molecular complexity index is 690. The summed E-state index contributed by atoms with van der Waals surface area (Å²) < 4.78 is 6.57. The number of nitrogens with zero attached hydrogens (tertiary/aromatic N) is 2. The minimum absolute atomic E-state index is 0.158. The number of hydrogen-bond donors (Lipinski definition) is 1. The molecule has 0 bridgehead atoms. The molecule has 1 aromatic heterocycles. The Hall–Kier alpha value is -2.14. The van der Waals surface area contributed by atoms with Gasteiger partial charge in [0, 0.05) is 24.2 Å². The molecule has 106 valence electrons. The third kappa shape index (κ3) is 2.58. The van der Waals surface area contributed by atoms with Crippen LogP contribution >= 0.6 is 0 Å². The SMILES string of the molecule is COc1ccc(-c2cc(C(C)N)c(=O)n(C)n2)cc1C. The highest BCUT2D eigenvalue weighted by molar-refractivity contribution is 5.62. The van der Waals surface area contributed by atoms with E-state index in [0.29, 0.717) is 5.56 Å². The lowest BCUT2D eigenvalue weighted by Crippen LogP contribution is -2.27. The van der Waals surface area contributed by atoms with Gasteiger partial charge in [-0.15, -0.1) is 0 Å². The van der Waals surface area contributed by atoms with Crippen LogP contribution < -0.4 is 16.0 Å². The fourth-order valence-corrected chi connectivity index (χ4v) is 2.14. The maximum atomic E-state index is 12.0. The zero-order valence-corrected chi connectivity index (χ0v) is 12.2. The molecule has 0 spiro atoms. The highest BCUT2D eigenvalue weighted by Crippen LogP contribution is 2.25. The molecule has 1 heterocycles. The van der Waals surface area contributed by atoms with Crippen molar-refractivity contribution in [1.82, 2.24) is 9.78 Å². The highest BCUT2D eigenvalue weighted by Gasteiger charge is 2.12. The van der Waals surface area contributed by atoms with Crippen molar-refractivity contribution < 1.29 is 4.74 Å².